The third kappa shape index (κ3) is 4.87. The molecule has 0 N–H and O–H groups in total. The Morgan fingerprint density at radius 2 is 1.53 bits per heavy atom. The monoisotopic (exact) mass is 485 g/mol. The summed E-state index contributed by atoms with van der Waals surface area (Å²) in [4.78, 5) is 26.8. The molecule has 1 saturated carbocycles. The largest absolute Gasteiger partial charge is 0.381 e. The minimum atomic E-state index is 0.432. The van der Waals surface area contributed by atoms with Crippen molar-refractivity contribution in [2.45, 2.75) is 50.6 Å². The van der Waals surface area contributed by atoms with Crippen LogP contribution in [0.4, 0.5) is 17.5 Å². The van der Waals surface area contributed by atoms with Crippen LogP contribution in [-0.4, -0.2) is 72.4 Å². The summed E-state index contributed by atoms with van der Waals surface area (Å²) < 4.78 is 5.59. The van der Waals surface area contributed by atoms with E-state index >= 15 is 0 Å². The van der Waals surface area contributed by atoms with Crippen molar-refractivity contribution in [2.24, 2.45) is 0 Å². The molecule has 3 fully saturated rings. The van der Waals surface area contributed by atoms with Crippen LogP contribution in [0, 0.1) is 0 Å². The minimum Gasteiger partial charge on any atom is -0.381 e. The van der Waals surface area contributed by atoms with Gasteiger partial charge in [-0.15, -0.1) is 0 Å². The molecule has 2 aliphatic heterocycles. The number of hydrogen-bond acceptors (Lipinski definition) is 8. The molecule has 0 spiro atoms. The van der Waals surface area contributed by atoms with E-state index < -0.39 is 0 Å². The first kappa shape index (κ1) is 23.2. The van der Waals surface area contributed by atoms with Gasteiger partial charge in [-0.1, -0.05) is 12.1 Å². The second kappa shape index (κ2) is 10.0. The first-order valence-corrected chi connectivity index (χ1v) is 13.3. The number of benzene rings is 1. The van der Waals surface area contributed by atoms with Crippen molar-refractivity contribution in [1.29, 1.82) is 0 Å². The van der Waals surface area contributed by atoms with E-state index in [0.29, 0.717) is 17.9 Å². The van der Waals surface area contributed by atoms with E-state index in [-0.39, 0.29) is 0 Å². The van der Waals surface area contributed by atoms with E-state index in [4.69, 9.17) is 24.7 Å². The molecule has 1 aromatic carbocycles. The van der Waals surface area contributed by atoms with Crippen LogP contribution in [0.1, 0.15) is 50.0 Å². The fourth-order valence-corrected chi connectivity index (χ4v) is 5.23. The van der Waals surface area contributed by atoms with Crippen molar-refractivity contribution in [3.63, 3.8) is 0 Å². The summed E-state index contributed by atoms with van der Waals surface area (Å²) in [5.41, 5.74) is 2.68. The van der Waals surface area contributed by atoms with Gasteiger partial charge in [0.25, 0.3) is 0 Å². The van der Waals surface area contributed by atoms with Gasteiger partial charge >= 0.3 is 0 Å². The third-order valence-electron chi connectivity index (χ3n) is 7.64. The van der Waals surface area contributed by atoms with Gasteiger partial charge in [-0.2, -0.15) is 0 Å². The smallest absolute Gasteiger partial charge is 0.156 e. The summed E-state index contributed by atoms with van der Waals surface area (Å²) in [7, 11) is 4.27. The summed E-state index contributed by atoms with van der Waals surface area (Å²) in [6, 6.07) is 11.2. The summed E-state index contributed by atoms with van der Waals surface area (Å²) in [5, 5.41) is 0. The van der Waals surface area contributed by atoms with Gasteiger partial charge in [-0.25, -0.2) is 19.9 Å². The summed E-state index contributed by atoms with van der Waals surface area (Å²) in [6.45, 7) is 3.72. The summed E-state index contributed by atoms with van der Waals surface area (Å²) in [5.74, 6) is 3.61. The van der Waals surface area contributed by atoms with Gasteiger partial charge in [0.05, 0.1) is 11.0 Å². The molecule has 36 heavy (non-hydrogen) atoms. The van der Waals surface area contributed by atoms with Crippen molar-refractivity contribution in [3.8, 4) is 0 Å². The number of para-hydroxylation sites is 2. The van der Waals surface area contributed by atoms with E-state index in [2.05, 4.69) is 34.9 Å². The van der Waals surface area contributed by atoms with E-state index in [1.807, 2.05) is 36.4 Å². The molecule has 0 amide bonds. The Morgan fingerprint density at radius 3 is 2.25 bits per heavy atom. The van der Waals surface area contributed by atoms with Crippen molar-refractivity contribution in [1.82, 2.24) is 19.9 Å². The van der Waals surface area contributed by atoms with Crippen LogP contribution in [-0.2, 0) is 4.74 Å². The lowest BCUT2D eigenvalue weighted by molar-refractivity contribution is 0.0853. The molecule has 1 aliphatic carbocycles. The number of fused-ring (bicyclic) bond motifs is 1. The molecular weight excluding hydrogens is 450 g/mol. The Hall–Kier alpha value is -3.26. The molecule has 2 saturated heterocycles. The van der Waals surface area contributed by atoms with Gasteiger partial charge in [0, 0.05) is 58.5 Å². The van der Waals surface area contributed by atoms with Crippen LogP contribution < -0.4 is 14.7 Å². The van der Waals surface area contributed by atoms with Crippen LogP contribution in [0.2, 0.25) is 0 Å². The molecule has 0 bridgehead atoms. The number of nitrogens with zero attached hydrogens (tertiary/aromatic N) is 7. The van der Waals surface area contributed by atoms with E-state index in [1.165, 1.54) is 25.7 Å². The molecular formula is C28H35N7O. The number of anilines is 3. The lowest BCUT2D eigenvalue weighted by atomic mass is 10.1. The Balaban J connectivity index is 1.36. The maximum absolute atomic E-state index is 5.59. The van der Waals surface area contributed by atoms with Gasteiger partial charge in [0.15, 0.2) is 11.6 Å². The lowest BCUT2D eigenvalue weighted by Gasteiger charge is -2.32. The first-order chi connectivity index (χ1) is 17.7. The Morgan fingerprint density at radius 1 is 0.833 bits per heavy atom. The van der Waals surface area contributed by atoms with Crippen molar-refractivity contribution in [3.05, 3.63) is 41.9 Å². The van der Waals surface area contributed by atoms with Gasteiger partial charge in [0.1, 0.15) is 17.3 Å². The third-order valence-corrected chi connectivity index (χ3v) is 7.64. The summed E-state index contributed by atoms with van der Waals surface area (Å²) in [6.07, 6.45) is 10.9. The Kier molecular flexibility index (Phi) is 6.44. The topological polar surface area (TPSA) is 70.5 Å². The molecule has 6 rings (SSSR count). The zero-order valence-electron chi connectivity index (χ0n) is 21.3. The highest BCUT2D eigenvalue weighted by Gasteiger charge is 2.29. The average molecular weight is 486 g/mol. The molecule has 0 unspecified atom stereocenters. The van der Waals surface area contributed by atoms with Crippen LogP contribution in [0.15, 0.2) is 30.3 Å². The van der Waals surface area contributed by atoms with Gasteiger partial charge in [-0.3, -0.25) is 0 Å². The Labute approximate surface area is 213 Å². The zero-order valence-corrected chi connectivity index (χ0v) is 21.3. The zero-order chi connectivity index (χ0) is 24.5. The van der Waals surface area contributed by atoms with Gasteiger partial charge < -0.3 is 19.4 Å². The van der Waals surface area contributed by atoms with Crippen LogP contribution in [0.5, 0.6) is 0 Å². The van der Waals surface area contributed by atoms with Gasteiger partial charge in [-0.05, 0) is 62.8 Å². The van der Waals surface area contributed by atoms with Crippen molar-refractivity contribution in [2.75, 3.05) is 55.1 Å². The minimum absolute atomic E-state index is 0.432. The molecule has 0 radical (unpaired) electrons. The summed E-state index contributed by atoms with van der Waals surface area (Å²) >= 11 is 0. The fraction of sp³-hybridized carbons (Fsp3) is 0.500. The highest BCUT2D eigenvalue weighted by molar-refractivity contribution is 5.81. The number of rotatable bonds is 7. The molecule has 8 nitrogen and oxygen atoms in total. The molecule has 4 heterocycles. The van der Waals surface area contributed by atoms with Crippen LogP contribution in [0.3, 0.4) is 0 Å². The number of hydrogen-bond donors (Lipinski definition) is 0. The Bertz CT molecular complexity index is 1250. The molecule has 8 heteroatoms. The quantitative estimate of drug-likeness (QED) is 0.488. The highest BCUT2D eigenvalue weighted by Crippen LogP contribution is 2.32. The van der Waals surface area contributed by atoms with Crippen LogP contribution in [0.25, 0.3) is 23.2 Å². The molecule has 3 aromatic rings. The average Bonchev–Trinajstić information content (AvgIpc) is 3.64. The lowest BCUT2D eigenvalue weighted by Crippen LogP contribution is -2.37. The van der Waals surface area contributed by atoms with E-state index in [9.17, 15) is 0 Å². The number of ether oxygens (including phenoxy) is 1. The standard InChI is InChI=1S/C28H35N7O/c1-33(21-13-17-36-18-14-21)26-19-27(35-15-5-6-16-35)32-25(31-26)12-11-24-28(34(2)20-9-10-20)30-23-8-4-3-7-22(23)29-24/h3-4,7-8,11-12,19-21H,5-6,9-10,13-18H2,1-2H3/b12-11+. The normalized spacial score (nSPS) is 18.9. The molecule has 3 aliphatic rings. The predicted octanol–water partition coefficient (Wildman–Crippen LogP) is 4.40. The second-order valence-electron chi connectivity index (χ2n) is 10.2. The van der Waals surface area contributed by atoms with E-state index in [1.54, 1.807) is 0 Å². The van der Waals surface area contributed by atoms with Crippen LogP contribution >= 0.6 is 0 Å². The fourth-order valence-electron chi connectivity index (χ4n) is 5.23. The maximum Gasteiger partial charge on any atom is 0.156 e. The first-order valence-electron chi connectivity index (χ1n) is 13.3. The second-order valence-corrected chi connectivity index (χ2v) is 10.2. The molecule has 2 aromatic heterocycles. The maximum atomic E-state index is 5.59. The van der Waals surface area contributed by atoms with E-state index in [0.717, 1.165) is 73.3 Å². The predicted molar refractivity (Wildman–Crippen MR) is 146 cm³/mol. The molecule has 188 valence electrons. The van der Waals surface area contributed by atoms with Gasteiger partial charge in [0.2, 0.25) is 0 Å². The molecule has 0 atom stereocenters. The SMILES string of the molecule is CN(c1cc(N2CCCC2)nc(/C=C/c2nc3ccccc3nc2N(C)C2CC2)n1)C1CCOCC1. The number of aromatic nitrogens is 4. The van der Waals surface area contributed by atoms with Crippen molar-refractivity contribution >= 4 is 40.6 Å². The van der Waals surface area contributed by atoms with Crippen molar-refractivity contribution < 1.29 is 4.74 Å². The highest BCUT2D eigenvalue weighted by atomic mass is 16.5.